The molecule has 3 rings (SSSR count). The zero-order valence-electron chi connectivity index (χ0n) is 28.7. The number of nitrogens with one attached hydrogen (secondary N) is 5. The molecule has 1 aromatic carbocycles. The van der Waals surface area contributed by atoms with E-state index >= 15 is 0 Å². The van der Waals surface area contributed by atoms with Gasteiger partial charge < -0.3 is 31.5 Å². The van der Waals surface area contributed by atoms with E-state index in [1.807, 2.05) is 92.6 Å². The molecule has 1 unspecified atom stereocenters. The zero-order valence-corrected chi connectivity index (χ0v) is 28.7. The van der Waals surface area contributed by atoms with Gasteiger partial charge in [0.15, 0.2) is 0 Å². The van der Waals surface area contributed by atoms with Crippen LogP contribution in [0.2, 0.25) is 0 Å². The quantitative estimate of drug-likeness (QED) is 0.220. The molecule has 1 aliphatic heterocycles. The van der Waals surface area contributed by atoms with Crippen molar-refractivity contribution in [2.24, 2.45) is 22.7 Å². The van der Waals surface area contributed by atoms with Crippen LogP contribution < -0.4 is 26.6 Å². The summed E-state index contributed by atoms with van der Waals surface area (Å²) in [7, 11) is 0. The molecule has 0 aromatic heterocycles. The van der Waals surface area contributed by atoms with E-state index in [4.69, 9.17) is 0 Å². The highest BCUT2D eigenvalue weighted by atomic mass is 16.2. The van der Waals surface area contributed by atoms with E-state index in [9.17, 15) is 28.8 Å². The minimum atomic E-state index is -1.13. The number of rotatable bonds is 12. The van der Waals surface area contributed by atoms with Crippen LogP contribution in [0.25, 0.3) is 0 Å². The van der Waals surface area contributed by atoms with Crippen LogP contribution in [0.5, 0.6) is 0 Å². The molecular weight excluding hydrogens is 588 g/mol. The summed E-state index contributed by atoms with van der Waals surface area (Å²) in [5.41, 5.74) is -0.484. The van der Waals surface area contributed by atoms with E-state index in [0.29, 0.717) is 13.0 Å². The van der Waals surface area contributed by atoms with Gasteiger partial charge in [0.05, 0.1) is 12.6 Å². The summed E-state index contributed by atoms with van der Waals surface area (Å²) in [4.78, 5) is 80.6. The number of urea groups is 1. The van der Waals surface area contributed by atoms with Crippen LogP contribution >= 0.6 is 0 Å². The Morgan fingerprint density at radius 1 is 0.935 bits per heavy atom. The molecule has 12 nitrogen and oxygen atoms in total. The van der Waals surface area contributed by atoms with Crippen molar-refractivity contribution in [3.8, 4) is 0 Å². The molecule has 5 atom stereocenters. The highest BCUT2D eigenvalue weighted by Crippen LogP contribution is 2.65. The summed E-state index contributed by atoms with van der Waals surface area (Å²) >= 11 is 0. The monoisotopic (exact) mass is 640 g/mol. The number of hydrogen-bond donors (Lipinski definition) is 5. The number of fused-ring (bicyclic) bond motifs is 1. The van der Waals surface area contributed by atoms with Crippen molar-refractivity contribution in [3.63, 3.8) is 0 Å². The lowest BCUT2D eigenvalue weighted by Gasteiger charge is -2.38. The van der Waals surface area contributed by atoms with Gasteiger partial charge in [0.25, 0.3) is 5.91 Å². The van der Waals surface area contributed by atoms with Gasteiger partial charge in [-0.2, -0.15) is 0 Å². The Morgan fingerprint density at radius 2 is 1.57 bits per heavy atom. The lowest BCUT2D eigenvalue weighted by Crippen LogP contribution is -2.62. The van der Waals surface area contributed by atoms with Gasteiger partial charge in [0.2, 0.25) is 23.5 Å². The molecule has 0 bridgehead atoms. The molecule has 2 fully saturated rings. The fourth-order valence-electron chi connectivity index (χ4n) is 6.22. The SMILES string of the molecule is CCCC(NC(=O)[C@@H]1[C@H]2[C@@H](CN1C(=O)[C@@H](NC(=O)NC(C)(C)C)C(C)(C)C)C2(C)C)C(=O)C(=O)NCC(=O)NCc1ccccc1. The van der Waals surface area contributed by atoms with E-state index in [0.717, 1.165) is 5.56 Å². The van der Waals surface area contributed by atoms with Crippen LogP contribution in [0.1, 0.15) is 80.7 Å². The molecule has 1 saturated heterocycles. The van der Waals surface area contributed by atoms with Crippen LogP contribution in [0, 0.1) is 22.7 Å². The maximum Gasteiger partial charge on any atom is 0.315 e. The first-order valence-corrected chi connectivity index (χ1v) is 16.1. The number of carbonyl (C=O) groups is 6. The summed E-state index contributed by atoms with van der Waals surface area (Å²) in [6.07, 6.45) is 0.709. The number of Topliss-reactive ketones (excluding diaryl/α,β-unsaturated/α-hetero) is 1. The van der Waals surface area contributed by atoms with Crippen LogP contribution in [0.15, 0.2) is 30.3 Å². The molecule has 0 radical (unpaired) electrons. The lowest BCUT2D eigenvalue weighted by molar-refractivity contribution is -0.145. The summed E-state index contributed by atoms with van der Waals surface area (Å²) in [5.74, 6) is -3.24. The average molecular weight is 641 g/mol. The standard InChI is InChI=1S/C34H52N6O6/c1-10-14-22(26(42)29(44)36-18-23(41)35-17-20-15-12-11-13-16-20)37-28(43)25-24-21(34(24,8)9)19-40(25)30(45)27(32(2,3)4)38-31(46)39-33(5,6)7/h11-13,15-16,21-22,24-25,27H,10,14,17-19H2,1-9H3,(H,35,41)(H,36,44)(H,37,43)(H2,38,39,46)/t21-,22?,24-,25+,27-/m1/s1. The van der Waals surface area contributed by atoms with Gasteiger partial charge in [-0.3, -0.25) is 24.0 Å². The Morgan fingerprint density at radius 3 is 2.13 bits per heavy atom. The summed E-state index contributed by atoms with van der Waals surface area (Å²) < 4.78 is 0. The number of carbonyl (C=O) groups excluding carboxylic acids is 6. The molecule has 5 N–H and O–H groups in total. The Labute approximate surface area is 272 Å². The first-order valence-electron chi connectivity index (χ1n) is 16.1. The van der Waals surface area contributed by atoms with Crippen molar-refractivity contribution in [1.29, 1.82) is 0 Å². The second kappa shape index (κ2) is 14.2. The summed E-state index contributed by atoms with van der Waals surface area (Å²) in [6.45, 7) is 17.2. The molecule has 1 aromatic rings. The van der Waals surface area contributed by atoms with Gasteiger partial charge in [0, 0.05) is 18.6 Å². The number of nitrogens with zero attached hydrogens (tertiary/aromatic N) is 1. The van der Waals surface area contributed by atoms with Crippen LogP contribution in [-0.4, -0.2) is 77.1 Å². The van der Waals surface area contributed by atoms with E-state index in [1.54, 1.807) is 0 Å². The van der Waals surface area contributed by atoms with E-state index in [1.165, 1.54) is 4.90 Å². The van der Waals surface area contributed by atoms with Crippen molar-refractivity contribution < 1.29 is 28.8 Å². The normalized spacial score (nSPS) is 21.2. The van der Waals surface area contributed by atoms with Gasteiger partial charge in [-0.05, 0) is 55.4 Å². The third-order valence-corrected chi connectivity index (χ3v) is 8.81. The Hall–Kier alpha value is -3.96. The maximum absolute atomic E-state index is 14.1. The van der Waals surface area contributed by atoms with Crippen LogP contribution in [0.3, 0.4) is 0 Å². The lowest BCUT2D eigenvalue weighted by atomic mass is 9.85. The smallest absolute Gasteiger partial charge is 0.315 e. The topological polar surface area (TPSA) is 166 Å². The summed E-state index contributed by atoms with van der Waals surface area (Å²) in [6, 6.07) is 5.87. The second-order valence-electron chi connectivity index (χ2n) is 15.2. The molecule has 1 saturated carbocycles. The minimum Gasteiger partial charge on any atom is -0.350 e. The second-order valence-corrected chi connectivity index (χ2v) is 15.2. The molecule has 0 spiro atoms. The molecule has 254 valence electrons. The van der Waals surface area contributed by atoms with Crippen LogP contribution in [-0.2, 0) is 30.5 Å². The molecule has 1 heterocycles. The number of amides is 6. The molecular formula is C34H52N6O6. The minimum absolute atomic E-state index is 0.0780. The van der Waals surface area contributed by atoms with Crippen molar-refractivity contribution >= 4 is 35.4 Å². The fourth-order valence-corrected chi connectivity index (χ4v) is 6.22. The largest absolute Gasteiger partial charge is 0.350 e. The summed E-state index contributed by atoms with van der Waals surface area (Å²) in [5, 5.41) is 13.5. The van der Waals surface area contributed by atoms with Crippen LogP contribution in [0.4, 0.5) is 4.79 Å². The highest BCUT2D eigenvalue weighted by molar-refractivity contribution is 6.38. The van der Waals surface area contributed by atoms with E-state index < -0.39 is 65.2 Å². The zero-order chi connectivity index (χ0) is 34.6. The predicted molar refractivity (Wildman–Crippen MR) is 174 cm³/mol. The van der Waals surface area contributed by atoms with Gasteiger partial charge in [-0.15, -0.1) is 0 Å². The van der Waals surface area contributed by atoms with Gasteiger partial charge in [-0.25, -0.2) is 4.79 Å². The van der Waals surface area contributed by atoms with Gasteiger partial charge >= 0.3 is 6.03 Å². The Balaban J connectivity index is 1.70. The predicted octanol–water partition coefficient (Wildman–Crippen LogP) is 2.27. The maximum atomic E-state index is 14.1. The molecule has 1 aliphatic carbocycles. The first kappa shape index (κ1) is 36.5. The molecule has 46 heavy (non-hydrogen) atoms. The molecule has 2 aliphatic rings. The highest BCUT2D eigenvalue weighted by Gasteiger charge is 2.69. The third-order valence-electron chi connectivity index (χ3n) is 8.81. The van der Waals surface area contributed by atoms with Crippen molar-refractivity contribution in [1.82, 2.24) is 31.5 Å². The Bertz CT molecular complexity index is 1320. The van der Waals surface area contributed by atoms with Gasteiger partial charge in [0.1, 0.15) is 12.1 Å². The number of hydrogen-bond acceptors (Lipinski definition) is 6. The fraction of sp³-hybridized carbons (Fsp3) is 0.647. The molecule has 6 amide bonds. The number of likely N-dealkylation sites (tertiary alicyclic amines) is 1. The Kier molecular flexibility index (Phi) is 11.3. The average Bonchev–Trinajstić information content (AvgIpc) is 3.27. The molecule has 12 heteroatoms. The van der Waals surface area contributed by atoms with Crippen molar-refractivity contribution in [3.05, 3.63) is 35.9 Å². The third kappa shape index (κ3) is 9.07. The van der Waals surface area contributed by atoms with E-state index in [-0.39, 0.29) is 36.1 Å². The van der Waals surface area contributed by atoms with Gasteiger partial charge in [-0.1, -0.05) is 78.3 Å². The van der Waals surface area contributed by atoms with Crippen molar-refractivity contribution in [2.75, 3.05) is 13.1 Å². The first-order chi connectivity index (χ1) is 21.3. The van der Waals surface area contributed by atoms with Crippen molar-refractivity contribution in [2.45, 2.75) is 105 Å². The van der Waals surface area contributed by atoms with E-state index in [2.05, 4.69) is 26.6 Å². The number of piperidine rings is 1. The number of benzene rings is 1. The number of ketones is 1.